The lowest BCUT2D eigenvalue weighted by Gasteiger charge is -2.39. The number of hydrogen-bond acceptors (Lipinski definition) is 3. The predicted molar refractivity (Wildman–Crippen MR) is 79.1 cm³/mol. The molecule has 1 aromatic carbocycles. The number of hydrogen-bond donors (Lipinski definition) is 1. The lowest BCUT2D eigenvalue weighted by Crippen LogP contribution is -2.43. The summed E-state index contributed by atoms with van der Waals surface area (Å²) in [4.78, 5) is 2.35. The summed E-state index contributed by atoms with van der Waals surface area (Å²) >= 11 is 0. The molecule has 3 heteroatoms. The van der Waals surface area contributed by atoms with Gasteiger partial charge in [-0.15, -0.1) is 0 Å². The van der Waals surface area contributed by atoms with Crippen LogP contribution in [0.15, 0.2) is 18.2 Å². The van der Waals surface area contributed by atoms with Crippen LogP contribution in [0.1, 0.15) is 36.8 Å². The molecule has 3 nitrogen and oxygen atoms in total. The Labute approximate surface area is 116 Å². The number of nitriles is 1. The van der Waals surface area contributed by atoms with Crippen molar-refractivity contribution in [2.45, 2.75) is 38.6 Å². The standard InChI is InChI=1S/C16H23N3/c1-12-9-15(8-7-13(12)10-17)19(2)16-6-4-3-5-14(16)11-18/h7-9,14,16H,3-6,11,18H2,1-2H3. The second-order valence-corrected chi connectivity index (χ2v) is 5.57. The van der Waals surface area contributed by atoms with Crippen LogP contribution >= 0.6 is 0 Å². The van der Waals surface area contributed by atoms with Crippen LogP contribution in [0.3, 0.4) is 0 Å². The van der Waals surface area contributed by atoms with Gasteiger partial charge in [-0.1, -0.05) is 12.8 Å². The number of rotatable bonds is 3. The molecule has 0 bridgehead atoms. The Bertz CT molecular complexity index is 475. The lowest BCUT2D eigenvalue weighted by atomic mass is 9.83. The summed E-state index contributed by atoms with van der Waals surface area (Å²) in [6.07, 6.45) is 5.05. The maximum absolute atomic E-state index is 9.00. The minimum absolute atomic E-state index is 0.533. The lowest BCUT2D eigenvalue weighted by molar-refractivity contribution is 0.306. The normalized spacial score (nSPS) is 22.8. The topological polar surface area (TPSA) is 53.0 Å². The number of benzene rings is 1. The summed E-state index contributed by atoms with van der Waals surface area (Å²) in [5.41, 5.74) is 8.92. The molecule has 0 amide bonds. The van der Waals surface area contributed by atoms with Gasteiger partial charge in [-0.2, -0.15) is 5.26 Å². The molecule has 0 heterocycles. The van der Waals surface area contributed by atoms with Gasteiger partial charge in [0.1, 0.15) is 0 Å². The number of aryl methyl sites for hydroxylation is 1. The van der Waals surface area contributed by atoms with Gasteiger partial charge in [0, 0.05) is 18.8 Å². The average Bonchev–Trinajstić information content (AvgIpc) is 2.46. The van der Waals surface area contributed by atoms with Crippen LogP contribution in [0, 0.1) is 24.2 Å². The number of nitrogens with zero attached hydrogens (tertiary/aromatic N) is 2. The molecule has 2 unspecified atom stereocenters. The van der Waals surface area contributed by atoms with Gasteiger partial charge in [-0.25, -0.2) is 0 Å². The Morgan fingerprint density at radius 1 is 1.37 bits per heavy atom. The molecule has 2 rings (SSSR count). The average molecular weight is 257 g/mol. The Morgan fingerprint density at radius 3 is 2.74 bits per heavy atom. The van der Waals surface area contributed by atoms with E-state index in [4.69, 9.17) is 11.0 Å². The summed E-state index contributed by atoms with van der Waals surface area (Å²) in [7, 11) is 2.15. The van der Waals surface area contributed by atoms with Crippen molar-refractivity contribution in [1.82, 2.24) is 0 Å². The molecule has 19 heavy (non-hydrogen) atoms. The molecule has 1 aromatic rings. The zero-order valence-corrected chi connectivity index (χ0v) is 11.9. The van der Waals surface area contributed by atoms with Crippen molar-refractivity contribution in [2.75, 3.05) is 18.5 Å². The van der Waals surface area contributed by atoms with E-state index < -0.39 is 0 Å². The molecule has 102 valence electrons. The fraction of sp³-hybridized carbons (Fsp3) is 0.562. The third-order valence-electron chi connectivity index (χ3n) is 4.41. The van der Waals surface area contributed by atoms with Crippen LogP contribution in [0.2, 0.25) is 0 Å². The van der Waals surface area contributed by atoms with Crippen LogP contribution in [0.25, 0.3) is 0 Å². The third-order valence-corrected chi connectivity index (χ3v) is 4.41. The van der Waals surface area contributed by atoms with Crippen molar-refractivity contribution in [3.05, 3.63) is 29.3 Å². The van der Waals surface area contributed by atoms with Crippen molar-refractivity contribution in [3.8, 4) is 6.07 Å². The van der Waals surface area contributed by atoms with Crippen molar-refractivity contribution in [3.63, 3.8) is 0 Å². The van der Waals surface area contributed by atoms with Crippen molar-refractivity contribution >= 4 is 5.69 Å². The zero-order chi connectivity index (χ0) is 13.8. The van der Waals surface area contributed by atoms with Crippen molar-refractivity contribution < 1.29 is 0 Å². The van der Waals surface area contributed by atoms with Gasteiger partial charge >= 0.3 is 0 Å². The maximum Gasteiger partial charge on any atom is 0.0994 e. The summed E-state index contributed by atoms with van der Waals surface area (Å²) in [5.74, 6) is 0.592. The van der Waals surface area contributed by atoms with Crippen LogP contribution in [0.4, 0.5) is 5.69 Å². The van der Waals surface area contributed by atoms with Crippen molar-refractivity contribution in [2.24, 2.45) is 11.7 Å². The molecule has 1 aliphatic carbocycles. The molecule has 0 saturated heterocycles. The van der Waals surface area contributed by atoms with Crippen LogP contribution < -0.4 is 10.6 Å². The second-order valence-electron chi connectivity index (χ2n) is 5.57. The Hall–Kier alpha value is -1.53. The molecule has 0 spiro atoms. The van der Waals surface area contributed by atoms with E-state index in [0.717, 1.165) is 17.7 Å². The van der Waals surface area contributed by atoms with E-state index in [1.807, 2.05) is 19.1 Å². The van der Waals surface area contributed by atoms with Crippen LogP contribution in [0.5, 0.6) is 0 Å². The first-order chi connectivity index (χ1) is 9.17. The van der Waals surface area contributed by atoms with Gasteiger partial charge in [0.25, 0.3) is 0 Å². The van der Waals surface area contributed by atoms with E-state index in [-0.39, 0.29) is 0 Å². The Balaban J connectivity index is 2.20. The predicted octanol–water partition coefficient (Wildman–Crippen LogP) is 2.82. The quantitative estimate of drug-likeness (QED) is 0.906. The molecule has 1 saturated carbocycles. The fourth-order valence-electron chi connectivity index (χ4n) is 3.16. The molecule has 0 radical (unpaired) electrons. The fourth-order valence-corrected chi connectivity index (χ4v) is 3.16. The SMILES string of the molecule is Cc1cc(N(C)C2CCCCC2CN)ccc1C#N. The van der Waals surface area contributed by atoms with E-state index in [2.05, 4.69) is 24.1 Å². The van der Waals surface area contributed by atoms with Gasteiger partial charge in [-0.3, -0.25) is 0 Å². The molecular weight excluding hydrogens is 234 g/mol. The number of nitrogens with two attached hydrogens (primary N) is 1. The highest BCUT2D eigenvalue weighted by Gasteiger charge is 2.27. The first-order valence-corrected chi connectivity index (χ1v) is 7.11. The highest BCUT2D eigenvalue weighted by molar-refractivity contribution is 5.53. The van der Waals surface area contributed by atoms with E-state index in [1.54, 1.807) is 0 Å². The monoisotopic (exact) mass is 257 g/mol. The maximum atomic E-state index is 9.00. The molecule has 1 fully saturated rings. The molecule has 0 aromatic heterocycles. The minimum atomic E-state index is 0.533. The second kappa shape index (κ2) is 6.08. The largest absolute Gasteiger partial charge is 0.371 e. The highest BCUT2D eigenvalue weighted by atomic mass is 15.1. The highest BCUT2D eigenvalue weighted by Crippen LogP contribution is 2.30. The Morgan fingerprint density at radius 2 is 2.11 bits per heavy atom. The van der Waals surface area contributed by atoms with Crippen molar-refractivity contribution in [1.29, 1.82) is 5.26 Å². The van der Waals surface area contributed by atoms with Crippen LogP contribution in [-0.2, 0) is 0 Å². The molecular formula is C16H23N3. The van der Waals surface area contributed by atoms with Crippen LogP contribution in [-0.4, -0.2) is 19.6 Å². The van der Waals surface area contributed by atoms with Gasteiger partial charge < -0.3 is 10.6 Å². The zero-order valence-electron chi connectivity index (χ0n) is 11.9. The Kier molecular flexibility index (Phi) is 4.44. The van der Waals surface area contributed by atoms with E-state index in [0.29, 0.717) is 12.0 Å². The number of anilines is 1. The van der Waals surface area contributed by atoms with Gasteiger partial charge in [0.05, 0.1) is 11.6 Å². The van der Waals surface area contributed by atoms with E-state index in [1.165, 1.54) is 31.4 Å². The third kappa shape index (κ3) is 2.90. The molecule has 0 aliphatic heterocycles. The summed E-state index contributed by atoms with van der Waals surface area (Å²) in [5, 5.41) is 9.00. The summed E-state index contributed by atoms with van der Waals surface area (Å²) in [6, 6.07) is 8.84. The van der Waals surface area contributed by atoms with E-state index >= 15 is 0 Å². The summed E-state index contributed by atoms with van der Waals surface area (Å²) < 4.78 is 0. The molecule has 1 aliphatic rings. The first kappa shape index (κ1) is 13.9. The molecule has 2 N–H and O–H groups in total. The smallest absolute Gasteiger partial charge is 0.0994 e. The minimum Gasteiger partial charge on any atom is -0.371 e. The first-order valence-electron chi connectivity index (χ1n) is 7.11. The van der Waals surface area contributed by atoms with E-state index in [9.17, 15) is 0 Å². The van der Waals surface area contributed by atoms with Gasteiger partial charge in [-0.05, 0) is 56.0 Å². The summed E-state index contributed by atoms with van der Waals surface area (Å²) in [6.45, 7) is 2.77. The molecule has 2 atom stereocenters. The van der Waals surface area contributed by atoms with Gasteiger partial charge in [0.15, 0.2) is 0 Å². The van der Waals surface area contributed by atoms with Gasteiger partial charge in [0.2, 0.25) is 0 Å².